The molecule has 0 radical (unpaired) electrons. The lowest BCUT2D eigenvalue weighted by atomic mass is 9.72. The smallest absolute Gasteiger partial charge is 0.321 e. The van der Waals surface area contributed by atoms with Gasteiger partial charge in [0.2, 0.25) is 11.8 Å². The molecule has 2 aromatic heterocycles. The Kier molecular flexibility index (Phi) is 5.38. The largest absolute Gasteiger partial charge is 0.420 e. The van der Waals surface area contributed by atoms with E-state index < -0.39 is 0 Å². The number of carbonyl (C=O) groups excluding carboxylic acids is 1. The molecule has 0 saturated carbocycles. The summed E-state index contributed by atoms with van der Waals surface area (Å²) in [6.07, 6.45) is 5.12. The number of aromatic nitrogens is 3. The molecule has 2 aliphatic heterocycles. The topological polar surface area (TPSA) is 93.4 Å². The molecular weight excluding hydrogens is 406 g/mol. The van der Waals surface area contributed by atoms with Gasteiger partial charge < -0.3 is 19.4 Å². The molecule has 1 aromatic carbocycles. The zero-order valence-corrected chi connectivity index (χ0v) is 18.4. The Morgan fingerprint density at radius 3 is 2.66 bits per heavy atom. The minimum Gasteiger partial charge on any atom is -0.420 e. The second-order valence-corrected chi connectivity index (χ2v) is 8.84. The Balaban J connectivity index is 1.40. The molecule has 0 bridgehead atoms. The summed E-state index contributed by atoms with van der Waals surface area (Å²) in [5.41, 5.74) is 3.77. The van der Waals surface area contributed by atoms with Crippen LogP contribution in [0, 0.1) is 19.3 Å². The van der Waals surface area contributed by atoms with E-state index in [2.05, 4.69) is 26.6 Å². The summed E-state index contributed by atoms with van der Waals surface area (Å²) < 4.78 is 11.8. The molecule has 1 atom stereocenters. The van der Waals surface area contributed by atoms with Gasteiger partial charge in [0, 0.05) is 55.4 Å². The minimum absolute atomic E-state index is 0.0284. The van der Waals surface area contributed by atoms with Gasteiger partial charge >= 0.3 is 6.03 Å². The number of ether oxygens (including phenoxy) is 1. The molecule has 166 valence electrons. The van der Waals surface area contributed by atoms with Gasteiger partial charge in [-0.15, -0.1) is 10.2 Å². The highest BCUT2D eigenvalue weighted by atomic mass is 16.5. The lowest BCUT2D eigenvalue weighted by molar-refractivity contribution is 0.0104. The van der Waals surface area contributed by atoms with E-state index in [4.69, 9.17) is 9.15 Å². The van der Waals surface area contributed by atoms with Gasteiger partial charge in [0.05, 0.1) is 5.92 Å². The molecule has 4 heterocycles. The number of rotatable bonds is 3. The molecule has 32 heavy (non-hydrogen) atoms. The number of hydrogen-bond acceptors (Lipinski definition) is 6. The number of nitrogens with zero attached hydrogens (tertiary/aromatic N) is 4. The quantitative estimate of drug-likeness (QED) is 0.666. The summed E-state index contributed by atoms with van der Waals surface area (Å²) in [4.78, 5) is 19.1. The fraction of sp³-hybridized carbons (Fsp3) is 0.417. The first-order valence-corrected chi connectivity index (χ1v) is 11.0. The van der Waals surface area contributed by atoms with Crippen LogP contribution >= 0.6 is 0 Å². The monoisotopic (exact) mass is 433 g/mol. The molecule has 1 spiro atoms. The Hall–Kier alpha value is -3.26. The molecule has 2 aliphatic rings. The average Bonchev–Trinajstić information content (AvgIpc) is 3.42. The molecular formula is C24H27N5O3. The number of aryl methyl sites for hydroxylation is 2. The fourth-order valence-electron chi connectivity index (χ4n) is 4.88. The summed E-state index contributed by atoms with van der Waals surface area (Å²) in [5.74, 6) is 1.03. The van der Waals surface area contributed by atoms with Gasteiger partial charge in [-0.3, -0.25) is 4.98 Å². The summed E-state index contributed by atoms with van der Waals surface area (Å²) in [6, 6.07) is 9.63. The molecule has 1 N–H and O–H groups in total. The molecule has 2 amide bonds. The van der Waals surface area contributed by atoms with E-state index >= 15 is 0 Å². The third-order valence-electron chi connectivity index (χ3n) is 6.71. The van der Waals surface area contributed by atoms with E-state index in [9.17, 15) is 4.79 Å². The Morgan fingerprint density at radius 2 is 1.91 bits per heavy atom. The van der Waals surface area contributed by atoms with Crippen molar-refractivity contribution >= 4 is 11.7 Å². The van der Waals surface area contributed by atoms with Crippen LogP contribution in [0.25, 0.3) is 11.5 Å². The molecule has 8 heteroatoms. The van der Waals surface area contributed by atoms with E-state index in [0.29, 0.717) is 38.1 Å². The van der Waals surface area contributed by atoms with E-state index in [1.807, 2.05) is 43.0 Å². The van der Waals surface area contributed by atoms with Crippen LogP contribution in [0.1, 0.15) is 35.8 Å². The van der Waals surface area contributed by atoms with Crippen molar-refractivity contribution < 1.29 is 13.9 Å². The predicted molar refractivity (Wildman–Crippen MR) is 119 cm³/mol. The number of anilines is 1. The normalized spacial score (nSPS) is 19.9. The molecule has 2 saturated heterocycles. The second-order valence-electron chi connectivity index (χ2n) is 8.84. The van der Waals surface area contributed by atoms with Gasteiger partial charge in [-0.2, -0.15) is 0 Å². The van der Waals surface area contributed by atoms with E-state index in [0.717, 1.165) is 29.7 Å². The standard InChI is InChI=1S/C24H27N5O3/c1-16-3-4-20(17(2)13-16)26-23(30)29-14-19(24(15-29)7-11-31-12-8-24)22-28-27-21(32-22)18-5-9-25-10-6-18/h3-6,9-10,13,19H,7-8,11-12,14-15H2,1-2H3,(H,26,30). The van der Waals surface area contributed by atoms with Gasteiger partial charge in [0.25, 0.3) is 0 Å². The van der Waals surface area contributed by atoms with Crippen LogP contribution in [0.3, 0.4) is 0 Å². The van der Waals surface area contributed by atoms with Crippen molar-refractivity contribution in [2.45, 2.75) is 32.6 Å². The van der Waals surface area contributed by atoms with Crippen molar-refractivity contribution in [3.8, 4) is 11.5 Å². The summed E-state index contributed by atoms with van der Waals surface area (Å²) in [6.45, 7) is 6.58. The lowest BCUT2D eigenvalue weighted by Crippen LogP contribution is -2.38. The van der Waals surface area contributed by atoms with Crippen molar-refractivity contribution in [2.75, 3.05) is 31.6 Å². The first-order valence-electron chi connectivity index (χ1n) is 11.0. The van der Waals surface area contributed by atoms with Crippen LogP contribution in [-0.4, -0.2) is 52.4 Å². The van der Waals surface area contributed by atoms with E-state index in [1.165, 1.54) is 5.56 Å². The molecule has 8 nitrogen and oxygen atoms in total. The number of likely N-dealkylation sites (tertiary alicyclic amines) is 1. The summed E-state index contributed by atoms with van der Waals surface area (Å²) >= 11 is 0. The molecule has 2 fully saturated rings. The number of benzene rings is 1. The highest BCUT2D eigenvalue weighted by Gasteiger charge is 2.51. The van der Waals surface area contributed by atoms with Crippen LogP contribution in [0.2, 0.25) is 0 Å². The summed E-state index contributed by atoms with van der Waals surface area (Å²) in [5, 5.41) is 11.7. The lowest BCUT2D eigenvalue weighted by Gasteiger charge is -2.36. The number of pyridine rings is 1. The maximum absolute atomic E-state index is 13.2. The maximum Gasteiger partial charge on any atom is 0.321 e. The van der Waals surface area contributed by atoms with E-state index in [1.54, 1.807) is 12.4 Å². The van der Waals surface area contributed by atoms with Crippen molar-refractivity contribution in [3.63, 3.8) is 0 Å². The number of carbonyl (C=O) groups is 1. The molecule has 1 unspecified atom stereocenters. The minimum atomic E-state index is -0.125. The number of amides is 2. The third kappa shape index (κ3) is 3.86. The third-order valence-corrected chi connectivity index (χ3v) is 6.71. The molecule has 3 aromatic rings. The highest BCUT2D eigenvalue weighted by Crippen LogP contribution is 2.49. The zero-order valence-electron chi connectivity index (χ0n) is 18.4. The van der Waals surface area contributed by atoms with Crippen molar-refractivity contribution in [2.24, 2.45) is 5.41 Å². The van der Waals surface area contributed by atoms with Gasteiger partial charge in [-0.1, -0.05) is 17.7 Å². The van der Waals surface area contributed by atoms with Gasteiger partial charge in [0.1, 0.15) is 0 Å². The summed E-state index contributed by atoms with van der Waals surface area (Å²) in [7, 11) is 0. The first-order chi connectivity index (χ1) is 15.5. The zero-order chi connectivity index (χ0) is 22.1. The van der Waals surface area contributed by atoms with Crippen LogP contribution in [-0.2, 0) is 4.74 Å². The number of urea groups is 1. The average molecular weight is 434 g/mol. The van der Waals surface area contributed by atoms with Crippen molar-refractivity contribution in [3.05, 3.63) is 59.7 Å². The van der Waals surface area contributed by atoms with Crippen LogP contribution in [0.5, 0.6) is 0 Å². The molecule has 0 aliphatic carbocycles. The highest BCUT2D eigenvalue weighted by molar-refractivity contribution is 5.90. The van der Waals surface area contributed by atoms with E-state index in [-0.39, 0.29) is 17.4 Å². The Bertz CT molecular complexity index is 1110. The van der Waals surface area contributed by atoms with Crippen molar-refractivity contribution in [1.29, 1.82) is 0 Å². The van der Waals surface area contributed by atoms with Crippen molar-refractivity contribution in [1.82, 2.24) is 20.1 Å². The molecule has 5 rings (SSSR count). The maximum atomic E-state index is 13.2. The number of nitrogens with one attached hydrogen (secondary N) is 1. The first kappa shape index (κ1) is 20.6. The van der Waals surface area contributed by atoms with Gasteiger partial charge in [-0.05, 0) is 50.5 Å². The Morgan fingerprint density at radius 1 is 1.12 bits per heavy atom. The van der Waals surface area contributed by atoms with Crippen LogP contribution < -0.4 is 5.32 Å². The van der Waals surface area contributed by atoms with Crippen LogP contribution in [0.4, 0.5) is 10.5 Å². The number of hydrogen-bond donors (Lipinski definition) is 1. The Labute approximate surface area is 187 Å². The SMILES string of the molecule is Cc1ccc(NC(=O)N2CC(c3nnc(-c4ccncc4)o3)C3(CCOCC3)C2)c(C)c1. The predicted octanol–water partition coefficient (Wildman–Crippen LogP) is 4.18. The van der Waals surface area contributed by atoms with Gasteiger partial charge in [-0.25, -0.2) is 4.79 Å². The fourth-order valence-corrected chi connectivity index (χ4v) is 4.88. The second kappa shape index (κ2) is 8.35. The van der Waals surface area contributed by atoms with Crippen LogP contribution in [0.15, 0.2) is 47.1 Å². The van der Waals surface area contributed by atoms with Gasteiger partial charge in [0.15, 0.2) is 0 Å².